The van der Waals surface area contributed by atoms with E-state index in [2.05, 4.69) is 4.74 Å². The first-order valence-electron chi connectivity index (χ1n) is 9.43. The van der Waals surface area contributed by atoms with Crippen LogP contribution in [0.3, 0.4) is 0 Å². The van der Waals surface area contributed by atoms with Gasteiger partial charge in [-0.05, 0) is 42.5 Å². The van der Waals surface area contributed by atoms with Gasteiger partial charge in [0.2, 0.25) is 0 Å². The molecule has 1 aliphatic rings. The van der Waals surface area contributed by atoms with Gasteiger partial charge >= 0.3 is 5.97 Å². The highest BCUT2D eigenvalue weighted by Gasteiger charge is 2.30. The van der Waals surface area contributed by atoms with Gasteiger partial charge in [-0.3, -0.25) is 4.79 Å². The minimum atomic E-state index is -0.686. The lowest BCUT2D eigenvalue weighted by Crippen LogP contribution is -2.11. The number of halogens is 2. The Morgan fingerprint density at radius 2 is 1.90 bits per heavy atom. The summed E-state index contributed by atoms with van der Waals surface area (Å²) in [6.45, 7) is 1.68. The second kappa shape index (κ2) is 9.85. The van der Waals surface area contributed by atoms with Gasteiger partial charge in [-0.1, -0.05) is 11.6 Å². The fraction of sp³-hybridized carbons (Fsp3) is 0.261. The lowest BCUT2D eigenvalue weighted by Gasteiger charge is -2.22. The van der Waals surface area contributed by atoms with Crippen molar-refractivity contribution in [3.63, 3.8) is 0 Å². The Morgan fingerprint density at radius 1 is 1.16 bits per heavy atom. The fourth-order valence-corrected chi connectivity index (χ4v) is 3.57. The molecule has 0 aliphatic carbocycles. The van der Waals surface area contributed by atoms with Crippen molar-refractivity contribution < 1.29 is 28.1 Å². The molecule has 1 unspecified atom stereocenters. The Bertz CT molecular complexity index is 1080. The van der Waals surface area contributed by atoms with E-state index in [4.69, 9.17) is 25.8 Å². The zero-order valence-electron chi connectivity index (χ0n) is 17.6. The van der Waals surface area contributed by atoms with E-state index in [1.807, 2.05) is 35.0 Å². The summed E-state index contributed by atoms with van der Waals surface area (Å²) in [5.41, 5.74) is 2.92. The summed E-state index contributed by atoms with van der Waals surface area (Å²) in [4.78, 5) is 9.59. The van der Waals surface area contributed by atoms with E-state index in [0.29, 0.717) is 28.7 Å². The van der Waals surface area contributed by atoms with Crippen LogP contribution >= 0.6 is 11.6 Å². The smallest absolute Gasteiger partial charge is 0.302 e. The van der Waals surface area contributed by atoms with Gasteiger partial charge in [-0.15, -0.1) is 0 Å². The van der Waals surface area contributed by atoms with Crippen LogP contribution in [0, 0.1) is 5.82 Å². The number of benzene rings is 2. The summed E-state index contributed by atoms with van der Waals surface area (Å²) in [7, 11) is 4.35. The predicted octanol–water partition coefficient (Wildman–Crippen LogP) is 5.09. The van der Waals surface area contributed by atoms with Crippen LogP contribution in [0.25, 0.3) is 5.69 Å². The maximum absolute atomic E-state index is 14.9. The highest BCUT2D eigenvalue weighted by atomic mass is 35.5. The average Bonchev–Trinajstić information content (AvgIpc) is 3.18. The van der Waals surface area contributed by atoms with Crippen molar-refractivity contribution in [3.05, 3.63) is 76.3 Å². The zero-order valence-corrected chi connectivity index (χ0v) is 18.4. The molecule has 0 amide bonds. The third-order valence-corrected chi connectivity index (χ3v) is 5.08. The molecule has 6 nitrogen and oxygen atoms in total. The molecule has 0 fully saturated rings. The molecule has 2 aromatic carbocycles. The quantitative estimate of drug-likeness (QED) is 0.524. The summed E-state index contributed by atoms with van der Waals surface area (Å²) >= 11 is 6.24. The van der Waals surface area contributed by atoms with Gasteiger partial charge in [-0.25, -0.2) is 4.39 Å². The van der Waals surface area contributed by atoms with Crippen molar-refractivity contribution in [3.8, 4) is 17.2 Å². The first kappa shape index (κ1) is 22.7. The molecule has 0 N–H and O–H groups in total. The maximum Gasteiger partial charge on any atom is 0.302 e. The van der Waals surface area contributed by atoms with Gasteiger partial charge in [0.1, 0.15) is 11.9 Å². The molecule has 8 heteroatoms. The van der Waals surface area contributed by atoms with Crippen LogP contribution in [0.2, 0.25) is 5.02 Å². The topological polar surface area (TPSA) is 58.9 Å². The highest BCUT2D eigenvalue weighted by molar-refractivity contribution is 6.30. The molecular weight excluding hydrogens is 425 g/mol. The van der Waals surface area contributed by atoms with E-state index in [0.717, 1.165) is 16.9 Å². The molecule has 0 saturated carbocycles. The molecule has 0 radical (unpaired) electrons. The van der Waals surface area contributed by atoms with Crippen molar-refractivity contribution in [1.82, 2.24) is 4.57 Å². The third kappa shape index (κ3) is 4.68. The standard InChI is InChI=1S/C20H17ClFNO3.C3H6O2/c1-24-17-8-6-15(22)18(20(17)25-2)19-14-10-12(21)5-7-16(14)23-9-3-4-13(23)11-26-19;1-3(4)5-2/h3-10,19H,11H2,1-2H3;1-2H3. The number of carbonyl (C=O) groups is 1. The molecule has 0 bridgehead atoms. The van der Waals surface area contributed by atoms with Crippen molar-refractivity contribution in [2.45, 2.75) is 19.6 Å². The summed E-state index contributed by atoms with van der Waals surface area (Å²) < 4.78 is 37.9. The Kier molecular flexibility index (Phi) is 7.20. The summed E-state index contributed by atoms with van der Waals surface area (Å²) in [5, 5.41) is 0.551. The molecule has 164 valence electrons. The van der Waals surface area contributed by atoms with Gasteiger partial charge in [-0.2, -0.15) is 0 Å². The second-order valence-electron chi connectivity index (χ2n) is 6.66. The number of aromatic nitrogens is 1. The molecular formula is C23H23ClFNO5. The molecule has 1 atom stereocenters. The van der Waals surface area contributed by atoms with E-state index >= 15 is 0 Å². The van der Waals surface area contributed by atoms with E-state index < -0.39 is 11.9 Å². The lowest BCUT2D eigenvalue weighted by atomic mass is 9.97. The Hall–Kier alpha value is -3.03. The average molecular weight is 448 g/mol. The van der Waals surface area contributed by atoms with Gasteiger partial charge in [0.15, 0.2) is 11.5 Å². The molecule has 1 aliphatic heterocycles. The van der Waals surface area contributed by atoms with E-state index in [1.165, 1.54) is 40.4 Å². The van der Waals surface area contributed by atoms with Crippen LogP contribution in [0.15, 0.2) is 48.7 Å². The molecule has 4 rings (SSSR count). The lowest BCUT2D eigenvalue weighted by molar-refractivity contribution is -0.137. The predicted molar refractivity (Wildman–Crippen MR) is 115 cm³/mol. The number of carbonyl (C=O) groups excluding carboxylic acids is 1. The van der Waals surface area contributed by atoms with Gasteiger partial charge in [0.05, 0.1) is 39.2 Å². The summed E-state index contributed by atoms with van der Waals surface area (Å²) in [6.07, 6.45) is 1.26. The molecule has 1 aromatic heterocycles. The van der Waals surface area contributed by atoms with Crippen LogP contribution in [-0.4, -0.2) is 31.9 Å². The highest BCUT2D eigenvalue weighted by Crippen LogP contribution is 2.44. The molecule has 0 saturated heterocycles. The number of ether oxygens (including phenoxy) is 4. The SMILES string of the molecule is COC(C)=O.COc1ccc(F)c(C2OCc3cccn3-c3ccc(Cl)cc32)c1OC. The maximum atomic E-state index is 14.9. The summed E-state index contributed by atoms with van der Waals surface area (Å²) in [6, 6.07) is 12.3. The van der Waals surface area contributed by atoms with Crippen LogP contribution in [-0.2, 0) is 20.9 Å². The van der Waals surface area contributed by atoms with Crippen LogP contribution < -0.4 is 9.47 Å². The van der Waals surface area contributed by atoms with Gasteiger partial charge in [0.25, 0.3) is 0 Å². The second-order valence-corrected chi connectivity index (χ2v) is 7.09. The van der Waals surface area contributed by atoms with E-state index in [-0.39, 0.29) is 5.97 Å². The molecule has 31 heavy (non-hydrogen) atoms. The summed E-state index contributed by atoms with van der Waals surface area (Å²) in [5.74, 6) is 0.0881. The number of nitrogens with zero attached hydrogens (tertiary/aromatic N) is 1. The Balaban J connectivity index is 0.000000491. The first-order chi connectivity index (χ1) is 14.9. The Labute approximate surface area is 185 Å². The minimum Gasteiger partial charge on any atom is -0.493 e. The van der Waals surface area contributed by atoms with Crippen molar-refractivity contribution in [1.29, 1.82) is 0 Å². The number of methoxy groups -OCH3 is 3. The number of hydrogen-bond donors (Lipinski definition) is 0. The third-order valence-electron chi connectivity index (χ3n) is 4.84. The number of rotatable bonds is 3. The molecule has 0 spiro atoms. The monoisotopic (exact) mass is 447 g/mol. The number of esters is 1. The van der Waals surface area contributed by atoms with Crippen molar-refractivity contribution >= 4 is 17.6 Å². The van der Waals surface area contributed by atoms with Crippen molar-refractivity contribution in [2.75, 3.05) is 21.3 Å². The Morgan fingerprint density at radius 3 is 2.55 bits per heavy atom. The van der Waals surface area contributed by atoms with Crippen LogP contribution in [0.5, 0.6) is 11.5 Å². The zero-order chi connectivity index (χ0) is 22.5. The fourth-order valence-electron chi connectivity index (χ4n) is 3.39. The van der Waals surface area contributed by atoms with E-state index in [9.17, 15) is 9.18 Å². The van der Waals surface area contributed by atoms with Gasteiger partial charge in [0, 0.05) is 29.4 Å². The van der Waals surface area contributed by atoms with Crippen LogP contribution in [0.1, 0.15) is 29.8 Å². The molecule has 3 aromatic rings. The normalized spacial score (nSPS) is 14.3. The van der Waals surface area contributed by atoms with E-state index in [1.54, 1.807) is 6.07 Å². The van der Waals surface area contributed by atoms with Crippen molar-refractivity contribution in [2.24, 2.45) is 0 Å². The molecule has 2 heterocycles. The largest absolute Gasteiger partial charge is 0.493 e. The van der Waals surface area contributed by atoms with Crippen LogP contribution in [0.4, 0.5) is 4.39 Å². The number of hydrogen-bond acceptors (Lipinski definition) is 5. The van der Waals surface area contributed by atoms with Gasteiger partial charge < -0.3 is 23.5 Å². The number of fused-ring (bicyclic) bond motifs is 3. The minimum absolute atomic E-state index is 0.245. The first-order valence-corrected chi connectivity index (χ1v) is 9.81.